The Morgan fingerprint density at radius 2 is 2.20 bits per heavy atom. The average Bonchev–Trinajstić information content (AvgIpc) is 2.65. The highest BCUT2D eigenvalue weighted by molar-refractivity contribution is 5.06. The van der Waals surface area contributed by atoms with E-state index in [0.717, 1.165) is 13.1 Å². The van der Waals surface area contributed by atoms with E-state index in [4.69, 9.17) is 0 Å². The number of hydrogen-bond acceptors (Lipinski definition) is 2. The topological polar surface area (TPSA) is 37.2 Å². The third kappa shape index (κ3) is 3.68. The number of aryl methyl sites for hydroxylation is 1. The van der Waals surface area contributed by atoms with Crippen molar-refractivity contribution in [2.24, 2.45) is 5.92 Å². The predicted molar refractivity (Wildman–Crippen MR) is 62.7 cm³/mol. The first-order valence-corrected chi connectivity index (χ1v) is 5.68. The van der Waals surface area contributed by atoms with Crippen molar-refractivity contribution >= 4 is 0 Å². The Balaban J connectivity index is 2.31. The molecular formula is C12H22N2O. The van der Waals surface area contributed by atoms with Gasteiger partial charge in [0.2, 0.25) is 0 Å². The van der Waals surface area contributed by atoms with Crippen molar-refractivity contribution in [1.29, 1.82) is 0 Å². The maximum atomic E-state index is 9.61. The van der Waals surface area contributed by atoms with Crippen LogP contribution >= 0.6 is 0 Å². The van der Waals surface area contributed by atoms with E-state index in [9.17, 15) is 5.11 Å². The van der Waals surface area contributed by atoms with Crippen LogP contribution in [0.1, 0.15) is 26.5 Å². The number of aromatic nitrogens is 1. The molecule has 1 atom stereocenters. The van der Waals surface area contributed by atoms with E-state index in [1.165, 1.54) is 5.69 Å². The number of aliphatic hydroxyl groups is 1. The Labute approximate surface area is 92.1 Å². The summed E-state index contributed by atoms with van der Waals surface area (Å²) in [6.07, 6.45) is 1.82. The second-order valence-electron chi connectivity index (χ2n) is 4.23. The van der Waals surface area contributed by atoms with Crippen molar-refractivity contribution in [2.45, 2.75) is 40.0 Å². The highest BCUT2D eigenvalue weighted by atomic mass is 16.3. The zero-order valence-electron chi connectivity index (χ0n) is 9.90. The van der Waals surface area contributed by atoms with Crippen LogP contribution in [0, 0.1) is 5.92 Å². The minimum atomic E-state index is -0.255. The summed E-state index contributed by atoms with van der Waals surface area (Å²) in [6.45, 7) is 8.67. The maximum absolute atomic E-state index is 9.61. The summed E-state index contributed by atoms with van der Waals surface area (Å²) in [7, 11) is 0. The molecule has 3 nitrogen and oxygen atoms in total. The van der Waals surface area contributed by atoms with Gasteiger partial charge in [0.25, 0.3) is 0 Å². The molecule has 0 fully saturated rings. The van der Waals surface area contributed by atoms with Crippen molar-refractivity contribution in [3.63, 3.8) is 0 Å². The van der Waals surface area contributed by atoms with Gasteiger partial charge in [0.15, 0.2) is 0 Å². The third-order valence-corrected chi connectivity index (χ3v) is 2.69. The number of nitrogens with one attached hydrogen (secondary N) is 1. The Hall–Kier alpha value is -0.800. The summed E-state index contributed by atoms with van der Waals surface area (Å²) < 4.78 is 2.20. The van der Waals surface area contributed by atoms with Crippen LogP contribution < -0.4 is 5.32 Å². The summed E-state index contributed by atoms with van der Waals surface area (Å²) >= 11 is 0. The average molecular weight is 210 g/mol. The highest BCUT2D eigenvalue weighted by Gasteiger charge is 2.08. The highest BCUT2D eigenvalue weighted by Crippen LogP contribution is 2.03. The molecule has 1 heterocycles. The van der Waals surface area contributed by atoms with Crippen LogP contribution in [0.3, 0.4) is 0 Å². The standard InChI is InChI=1S/C12H22N2O/c1-4-14-7-5-6-11(14)8-13-9-12(15)10(2)3/h5-7,10,12-13,15H,4,8-9H2,1-3H3. The molecule has 0 bridgehead atoms. The lowest BCUT2D eigenvalue weighted by atomic mass is 10.1. The van der Waals surface area contributed by atoms with Gasteiger partial charge in [0.1, 0.15) is 0 Å². The first-order chi connectivity index (χ1) is 7.15. The summed E-state index contributed by atoms with van der Waals surface area (Å²) in [4.78, 5) is 0. The zero-order chi connectivity index (χ0) is 11.3. The second-order valence-corrected chi connectivity index (χ2v) is 4.23. The molecule has 0 radical (unpaired) electrons. The van der Waals surface area contributed by atoms with E-state index in [1.807, 2.05) is 13.8 Å². The Morgan fingerprint density at radius 1 is 1.47 bits per heavy atom. The van der Waals surface area contributed by atoms with Crippen LogP contribution in [0.15, 0.2) is 18.3 Å². The quantitative estimate of drug-likeness (QED) is 0.748. The van der Waals surface area contributed by atoms with Crippen molar-refractivity contribution < 1.29 is 5.11 Å². The molecule has 1 rings (SSSR count). The van der Waals surface area contributed by atoms with Crippen LogP contribution in [0.5, 0.6) is 0 Å². The molecule has 0 aromatic carbocycles. The zero-order valence-corrected chi connectivity index (χ0v) is 9.90. The largest absolute Gasteiger partial charge is 0.392 e. The number of hydrogen-bond donors (Lipinski definition) is 2. The minimum Gasteiger partial charge on any atom is -0.392 e. The van der Waals surface area contributed by atoms with Gasteiger partial charge < -0.3 is 15.0 Å². The molecular weight excluding hydrogens is 188 g/mol. The molecule has 0 saturated carbocycles. The molecule has 1 unspecified atom stereocenters. The number of nitrogens with zero attached hydrogens (tertiary/aromatic N) is 1. The van der Waals surface area contributed by atoms with Crippen LogP contribution in [-0.4, -0.2) is 22.3 Å². The fraction of sp³-hybridized carbons (Fsp3) is 0.667. The summed E-state index contributed by atoms with van der Waals surface area (Å²) in [5.74, 6) is 0.315. The van der Waals surface area contributed by atoms with E-state index in [2.05, 4.69) is 35.1 Å². The summed E-state index contributed by atoms with van der Waals surface area (Å²) in [5.41, 5.74) is 1.27. The van der Waals surface area contributed by atoms with Gasteiger partial charge in [0.05, 0.1) is 6.10 Å². The van der Waals surface area contributed by atoms with Crippen LogP contribution in [-0.2, 0) is 13.1 Å². The number of aliphatic hydroxyl groups excluding tert-OH is 1. The fourth-order valence-corrected chi connectivity index (χ4v) is 1.50. The van der Waals surface area contributed by atoms with Crippen molar-refractivity contribution in [2.75, 3.05) is 6.54 Å². The van der Waals surface area contributed by atoms with E-state index in [0.29, 0.717) is 12.5 Å². The molecule has 3 heteroatoms. The molecule has 0 spiro atoms. The summed E-state index contributed by atoms with van der Waals surface area (Å²) in [5, 5.41) is 12.9. The van der Waals surface area contributed by atoms with E-state index in [-0.39, 0.29) is 6.10 Å². The van der Waals surface area contributed by atoms with E-state index >= 15 is 0 Å². The molecule has 0 aliphatic rings. The molecule has 0 aliphatic heterocycles. The van der Waals surface area contributed by atoms with Crippen LogP contribution in [0.2, 0.25) is 0 Å². The number of rotatable bonds is 6. The van der Waals surface area contributed by atoms with Gasteiger partial charge in [-0.05, 0) is 25.0 Å². The predicted octanol–water partition coefficient (Wildman–Crippen LogP) is 1.61. The van der Waals surface area contributed by atoms with Crippen molar-refractivity contribution in [3.8, 4) is 0 Å². The van der Waals surface area contributed by atoms with E-state index < -0.39 is 0 Å². The molecule has 0 aliphatic carbocycles. The molecule has 0 amide bonds. The lowest BCUT2D eigenvalue weighted by molar-refractivity contribution is 0.123. The lowest BCUT2D eigenvalue weighted by Gasteiger charge is -2.15. The second kappa shape index (κ2) is 5.93. The molecule has 15 heavy (non-hydrogen) atoms. The monoisotopic (exact) mass is 210 g/mol. The van der Waals surface area contributed by atoms with Gasteiger partial charge in [0, 0.05) is 31.5 Å². The molecule has 1 aromatic rings. The maximum Gasteiger partial charge on any atom is 0.0687 e. The fourth-order valence-electron chi connectivity index (χ4n) is 1.50. The van der Waals surface area contributed by atoms with Crippen molar-refractivity contribution in [1.82, 2.24) is 9.88 Å². The Bertz CT molecular complexity index is 281. The van der Waals surface area contributed by atoms with Gasteiger partial charge >= 0.3 is 0 Å². The lowest BCUT2D eigenvalue weighted by Crippen LogP contribution is -2.30. The smallest absolute Gasteiger partial charge is 0.0687 e. The van der Waals surface area contributed by atoms with Crippen molar-refractivity contribution in [3.05, 3.63) is 24.0 Å². The van der Waals surface area contributed by atoms with Crippen LogP contribution in [0.4, 0.5) is 0 Å². The first-order valence-electron chi connectivity index (χ1n) is 5.68. The molecule has 2 N–H and O–H groups in total. The third-order valence-electron chi connectivity index (χ3n) is 2.69. The van der Waals surface area contributed by atoms with Gasteiger partial charge in [-0.25, -0.2) is 0 Å². The Morgan fingerprint density at radius 3 is 2.80 bits per heavy atom. The van der Waals surface area contributed by atoms with Gasteiger partial charge in [-0.2, -0.15) is 0 Å². The summed E-state index contributed by atoms with van der Waals surface area (Å²) in [6, 6.07) is 4.16. The molecule has 0 saturated heterocycles. The molecule has 1 aromatic heterocycles. The first kappa shape index (κ1) is 12.3. The SMILES string of the molecule is CCn1cccc1CNCC(O)C(C)C. The van der Waals surface area contributed by atoms with Gasteiger partial charge in [-0.3, -0.25) is 0 Å². The van der Waals surface area contributed by atoms with E-state index in [1.54, 1.807) is 0 Å². The Kier molecular flexibility index (Phi) is 4.85. The minimum absolute atomic E-state index is 0.255. The normalized spacial score (nSPS) is 13.4. The molecule has 86 valence electrons. The van der Waals surface area contributed by atoms with Gasteiger partial charge in [-0.1, -0.05) is 13.8 Å². The van der Waals surface area contributed by atoms with Gasteiger partial charge in [-0.15, -0.1) is 0 Å². The van der Waals surface area contributed by atoms with Crippen LogP contribution in [0.25, 0.3) is 0 Å².